The first kappa shape index (κ1) is 15.6. The molecule has 5 heteroatoms. The van der Waals surface area contributed by atoms with Gasteiger partial charge in [-0.15, -0.1) is 0 Å². The molecule has 5 nitrogen and oxygen atoms in total. The van der Waals surface area contributed by atoms with E-state index in [1.807, 2.05) is 26.0 Å². The first-order chi connectivity index (χ1) is 10.5. The molecular weight excluding hydrogens is 278 g/mol. The Kier molecular flexibility index (Phi) is 4.52. The second-order valence-electron chi connectivity index (χ2n) is 5.19. The normalized spacial score (nSPS) is 10.3. The fourth-order valence-electron chi connectivity index (χ4n) is 2.35. The predicted molar refractivity (Wildman–Crippen MR) is 83.9 cm³/mol. The molecule has 0 atom stereocenters. The smallest absolute Gasteiger partial charge is 0.259 e. The van der Waals surface area contributed by atoms with Crippen LogP contribution in [0.4, 0.5) is 0 Å². The number of nitriles is 1. The summed E-state index contributed by atoms with van der Waals surface area (Å²) in [5, 5.41) is 9.49. The molecule has 0 unspecified atom stereocenters. The maximum absolute atomic E-state index is 12.8. The van der Waals surface area contributed by atoms with Gasteiger partial charge in [-0.25, -0.2) is 0 Å². The zero-order valence-electron chi connectivity index (χ0n) is 13.1. The first-order valence-corrected chi connectivity index (χ1v) is 7.10. The van der Waals surface area contributed by atoms with Crippen LogP contribution in [0.15, 0.2) is 41.1 Å². The number of furan rings is 1. The summed E-state index contributed by atoms with van der Waals surface area (Å²) >= 11 is 0. The summed E-state index contributed by atoms with van der Waals surface area (Å²) in [6.45, 7) is 10.3. The van der Waals surface area contributed by atoms with E-state index in [0.717, 1.165) is 5.57 Å². The first-order valence-electron chi connectivity index (χ1n) is 7.10. The zero-order valence-corrected chi connectivity index (χ0v) is 13.1. The molecule has 0 fully saturated rings. The molecule has 2 aromatic heterocycles. The summed E-state index contributed by atoms with van der Waals surface area (Å²) in [4.78, 5) is 14.4. The SMILES string of the molecule is C=C(C)CN(CC)C(=O)c1c(C)oc(-n2cccc2)c1C#N. The van der Waals surface area contributed by atoms with Gasteiger partial charge in [0.2, 0.25) is 5.88 Å². The lowest BCUT2D eigenvalue weighted by molar-refractivity contribution is 0.0776. The van der Waals surface area contributed by atoms with Crippen LogP contribution in [0.25, 0.3) is 5.88 Å². The van der Waals surface area contributed by atoms with E-state index in [4.69, 9.17) is 4.42 Å². The van der Waals surface area contributed by atoms with Gasteiger partial charge in [-0.1, -0.05) is 12.2 Å². The molecule has 2 rings (SSSR count). The number of aryl methyl sites for hydroxylation is 1. The van der Waals surface area contributed by atoms with Crippen molar-refractivity contribution in [2.24, 2.45) is 0 Å². The lowest BCUT2D eigenvalue weighted by atomic mass is 10.1. The van der Waals surface area contributed by atoms with Crippen LogP contribution in [0.3, 0.4) is 0 Å². The Morgan fingerprint density at radius 2 is 2.09 bits per heavy atom. The predicted octanol–water partition coefficient (Wildman–Crippen LogP) is 3.29. The third kappa shape index (κ3) is 2.82. The third-order valence-electron chi connectivity index (χ3n) is 3.36. The average molecular weight is 297 g/mol. The minimum absolute atomic E-state index is 0.207. The van der Waals surface area contributed by atoms with Crippen molar-refractivity contribution in [3.63, 3.8) is 0 Å². The maximum Gasteiger partial charge on any atom is 0.259 e. The van der Waals surface area contributed by atoms with Crippen LogP contribution in [-0.4, -0.2) is 28.5 Å². The van der Waals surface area contributed by atoms with Crippen LogP contribution >= 0.6 is 0 Å². The van der Waals surface area contributed by atoms with Gasteiger partial charge in [-0.2, -0.15) is 5.26 Å². The number of hydrogen-bond donors (Lipinski definition) is 0. The van der Waals surface area contributed by atoms with Gasteiger partial charge in [0.1, 0.15) is 23.0 Å². The molecule has 0 aliphatic heterocycles. The molecule has 22 heavy (non-hydrogen) atoms. The lowest BCUT2D eigenvalue weighted by Crippen LogP contribution is -2.32. The molecule has 0 spiro atoms. The van der Waals surface area contributed by atoms with Crippen LogP contribution in [-0.2, 0) is 0 Å². The van der Waals surface area contributed by atoms with Crippen molar-refractivity contribution in [1.82, 2.24) is 9.47 Å². The zero-order chi connectivity index (χ0) is 16.3. The van der Waals surface area contributed by atoms with Crippen LogP contribution < -0.4 is 0 Å². The largest absolute Gasteiger partial charge is 0.443 e. The summed E-state index contributed by atoms with van der Waals surface area (Å²) in [6, 6.07) is 5.77. The number of nitrogens with zero attached hydrogens (tertiary/aromatic N) is 3. The summed E-state index contributed by atoms with van der Waals surface area (Å²) in [5.41, 5.74) is 1.48. The Bertz CT molecular complexity index is 733. The van der Waals surface area contributed by atoms with Gasteiger partial charge in [0, 0.05) is 25.5 Å². The van der Waals surface area contributed by atoms with Gasteiger partial charge in [-0.3, -0.25) is 9.36 Å². The average Bonchev–Trinajstić information content (AvgIpc) is 3.10. The molecule has 0 aromatic carbocycles. The quantitative estimate of drug-likeness (QED) is 0.796. The lowest BCUT2D eigenvalue weighted by Gasteiger charge is -2.20. The van der Waals surface area contributed by atoms with E-state index >= 15 is 0 Å². The second kappa shape index (κ2) is 6.35. The van der Waals surface area contributed by atoms with Gasteiger partial charge in [0.15, 0.2) is 0 Å². The van der Waals surface area contributed by atoms with Crippen molar-refractivity contribution in [3.05, 3.63) is 53.6 Å². The Morgan fingerprint density at radius 1 is 1.45 bits per heavy atom. The molecule has 0 radical (unpaired) electrons. The number of likely N-dealkylation sites (N-methyl/N-ethyl adjacent to an activating group) is 1. The van der Waals surface area contributed by atoms with Gasteiger partial charge in [-0.05, 0) is 32.9 Å². The monoisotopic (exact) mass is 297 g/mol. The van der Waals surface area contributed by atoms with Gasteiger partial charge < -0.3 is 9.32 Å². The molecule has 0 aliphatic rings. The summed E-state index contributed by atoms with van der Waals surface area (Å²) in [6.07, 6.45) is 3.55. The van der Waals surface area contributed by atoms with Crippen LogP contribution in [0.5, 0.6) is 0 Å². The minimum atomic E-state index is -0.207. The number of hydrogen-bond acceptors (Lipinski definition) is 3. The molecule has 0 N–H and O–H groups in total. The highest BCUT2D eigenvalue weighted by molar-refractivity contribution is 5.98. The minimum Gasteiger partial charge on any atom is -0.443 e. The fourth-order valence-corrected chi connectivity index (χ4v) is 2.35. The summed E-state index contributed by atoms with van der Waals surface area (Å²) in [5.74, 6) is 0.617. The van der Waals surface area contributed by atoms with E-state index in [1.165, 1.54) is 0 Å². The topological polar surface area (TPSA) is 62.2 Å². The highest BCUT2D eigenvalue weighted by atomic mass is 16.4. The molecule has 1 amide bonds. The number of rotatable bonds is 5. The Labute approximate surface area is 130 Å². The Hall–Kier alpha value is -2.74. The number of carbonyl (C=O) groups is 1. The molecular formula is C17H19N3O2. The van der Waals surface area contributed by atoms with E-state index in [1.54, 1.807) is 28.8 Å². The van der Waals surface area contributed by atoms with Crippen molar-refractivity contribution in [2.45, 2.75) is 20.8 Å². The van der Waals surface area contributed by atoms with E-state index in [9.17, 15) is 10.1 Å². The van der Waals surface area contributed by atoms with Crippen molar-refractivity contribution in [1.29, 1.82) is 5.26 Å². The highest BCUT2D eigenvalue weighted by Crippen LogP contribution is 2.26. The number of aromatic nitrogens is 1. The van der Waals surface area contributed by atoms with Gasteiger partial charge in [0.25, 0.3) is 5.91 Å². The molecule has 114 valence electrons. The summed E-state index contributed by atoms with van der Waals surface area (Å²) in [7, 11) is 0. The number of carbonyl (C=O) groups excluding carboxylic acids is 1. The highest BCUT2D eigenvalue weighted by Gasteiger charge is 2.27. The van der Waals surface area contributed by atoms with Gasteiger partial charge >= 0.3 is 0 Å². The van der Waals surface area contributed by atoms with Crippen molar-refractivity contribution >= 4 is 5.91 Å². The Morgan fingerprint density at radius 3 is 2.59 bits per heavy atom. The van der Waals surface area contributed by atoms with Crippen LogP contribution in [0.1, 0.15) is 35.5 Å². The number of amides is 1. The molecule has 0 bridgehead atoms. The molecule has 2 aromatic rings. The van der Waals surface area contributed by atoms with E-state index in [-0.39, 0.29) is 11.5 Å². The van der Waals surface area contributed by atoms with E-state index in [2.05, 4.69) is 12.6 Å². The van der Waals surface area contributed by atoms with E-state index in [0.29, 0.717) is 30.3 Å². The molecule has 0 saturated carbocycles. The maximum atomic E-state index is 12.8. The van der Waals surface area contributed by atoms with Crippen molar-refractivity contribution in [2.75, 3.05) is 13.1 Å². The van der Waals surface area contributed by atoms with Crippen molar-refractivity contribution < 1.29 is 9.21 Å². The standard InChI is InChI=1S/C17H19N3O2/c1-5-19(11-12(2)3)16(21)15-13(4)22-17(14(15)10-18)20-8-6-7-9-20/h6-9H,2,5,11H2,1,3-4H3. The third-order valence-corrected chi connectivity index (χ3v) is 3.36. The fraction of sp³-hybridized carbons (Fsp3) is 0.294. The summed E-state index contributed by atoms with van der Waals surface area (Å²) < 4.78 is 7.36. The second-order valence-corrected chi connectivity index (χ2v) is 5.19. The van der Waals surface area contributed by atoms with Gasteiger partial charge in [0.05, 0.1) is 0 Å². The van der Waals surface area contributed by atoms with Crippen LogP contribution in [0.2, 0.25) is 0 Å². The molecule has 2 heterocycles. The van der Waals surface area contributed by atoms with Crippen LogP contribution in [0, 0.1) is 18.3 Å². The van der Waals surface area contributed by atoms with Crippen molar-refractivity contribution in [3.8, 4) is 12.0 Å². The molecule has 0 saturated heterocycles. The van der Waals surface area contributed by atoms with E-state index < -0.39 is 0 Å². The molecule has 0 aliphatic carbocycles. The Balaban J connectivity index is 2.49.